The van der Waals surface area contributed by atoms with Crippen LogP contribution in [0.15, 0.2) is 12.7 Å². The monoisotopic (exact) mass is 194 g/mol. The maximum Gasteiger partial charge on any atom is 0.508 e. The van der Waals surface area contributed by atoms with Gasteiger partial charge in [0.05, 0.1) is 0 Å². The lowest BCUT2D eigenvalue weighted by molar-refractivity contribution is -0.0815. The van der Waals surface area contributed by atoms with Crippen molar-refractivity contribution < 1.29 is 33.7 Å². The van der Waals surface area contributed by atoms with Gasteiger partial charge in [-0.3, -0.25) is 0 Å². The molecule has 2 atom stereocenters. The molecule has 0 spiro atoms. The van der Waals surface area contributed by atoms with Crippen LogP contribution >= 0.6 is 0 Å². The normalized spacial score (nSPS) is 13.9. The molecule has 0 aromatic carbocycles. The Kier molecular flexibility index (Phi) is 4.28. The van der Waals surface area contributed by atoms with Crippen molar-refractivity contribution in [2.45, 2.75) is 12.5 Å². The van der Waals surface area contributed by atoms with Crippen LogP contribution in [0.4, 0.5) is 14.0 Å². The van der Waals surface area contributed by atoms with E-state index in [1.807, 2.05) is 0 Å². The van der Waals surface area contributed by atoms with E-state index < -0.39 is 24.8 Å². The summed E-state index contributed by atoms with van der Waals surface area (Å²) in [7, 11) is 0. The second-order valence-corrected chi connectivity index (χ2v) is 1.82. The molecule has 0 aromatic heterocycles. The van der Waals surface area contributed by atoms with Gasteiger partial charge in [0.15, 0.2) is 6.10 Å². The zero-order chi connectivity index (χ0) is 10.4. The van der Waals surface area contributed by atoms with E-state index in [-0.39, 0.29) is 0 Å². The van der Waals surface area contributed by atoms with Crippen molar-refractivity contribution in [3.05, 3.63) is 12.7 Å². The summed E-state index contributed by atoms with van der Waals surface area (Å²) in [4.78, 5) is 19.7. The van der Waals surface area contributed by atoms with Crippen LogP contribution in [0.3, 0.4) is 0 Å². The van der Waals surface area contributed by atoms with Gasteiger partial charge in [0.2, 0.25) is 0 Å². The number of hydrogen-bond donors (Lipinski definition) is 2. The van der Waals surface area contributed by atoms with Gasteiger partial charge in [0.25, 0.3) is 6.36 Å². The summed E-state index contributed by atoms with van der Waals surface area (Å²) in [5, 5.41) is 16.0. The first-order valence-corrected chi connectivity index (χ1v) is 3.03. The maximum absolute atomic E-state index is 12.6. The number of hydrogen-bond acceptors (Lipinski definition) is 4. The number of ether oxygens (including phenoxy) is 2. The molecule has 0 aromatic rings. The number of carbonyl (C=O) groups is 2. The Morgan fingerprint density at radius 3 is 2.08 bits per heavy atom. The Morgan fingerprint density at radius 2 is 1.77 bits per heavy atom. The highest BCUT2D eigenvalue weighted by Crippen LogP contribution is 2.07. The molecule has 0 aliphatic rings. The van der Waals surface area contributed by atoms with Gasteiger partial charge in [-0.2, -0.15) is 4.39 Å². The van der Waals surface area contributed by atoms with Crippen molar-refractivity contribution >= 4 is 12.3 Å². The fourth-order valence-corrected chi connectivity index (χ4v) is 0.488. The first-order valence-electron chi connectivity index (χ1n) is 3.03. The summed E-state index contributed by atoms with van der Waals surface area (Å²) in [5.74, 6) is 0. The molecule has 0 fully saturated rings. The zero-order valence-corrected chi connectivity index (χ0v) is 6.34. The van der Waals surface area contributed by atoms with Gasteiger partial charge in [-0.15, -0.1) is 0 Å². The molecule has 7 heteroatoms. The number of alkyl halides is 1. The van der Waals surface area contributed by atoms with E-state index in [1.54, 1.807) is 0 Å². The molecule has 0 rings (SSSR count). The Labute approximate surface area is 72.2 Å². The summed E-state index contributed by atoms with van der Waals surface area (Å²) in [5.41, 5.74) is 0. The minimum Gasteiger partial charge on any atom is -0.450 e. The third-order valence-corrected chi connectivity index (χ3v) is 0.941. The van der Waals surface area contributed by atoms with Crippen molar-refractivity contribution in [1.29, 1.82) is 0 Å². The molecule has 0 radical (unpaired) electrons. The smallest absolute Gasteiger partial charge is 0.450 e. The minimum atomic E-state index is -2.41. The standard InChI is InChI=1S/C6H7FO6/c1-2-3(12-5(8)9)4(7)13-6(10)11/h2-4H,1H2,(H,8,9)(H,10,11). The second kappa shape index (κ2) is 4.96. The highest BCUT2D eigenvalue weighted by atomic mass is 19.1. The fraction of sp³-hybridized carbons (Fsp3) is 0.333. The lowest BCUT2D eigenvalue weighted by Crippen LogP contribution is -2.29. The van der Waals surface area contributed by atoms with Gasteiger partial charge < -0.3 is 19.7 Å². The van der Waals surface area contributed by atoms with Gasteiger partial charge in [0.1, 0.15) is 0 Å². The predicted octanol–water partition coefficient (Wildman–Crippen LogP) is 1.23. The molecule has 13 heavy (non-hydrogen) atoms. The molecule has 0 aliphatic carbocycles. The molecule has 6 nitrogen and oxygen atoms in total. The third-order valence-electron chi connectivity index (χ3n) is 0.941. The van der Waals surface area contributed by atoms with Crippen LogP contribution in [0.1, 0.15) is 0 Å². The molecule has 0 saturated carbocycles. The fourth-order valence-electron chi connectivity index (χ4n) is 0.488. The van der Waals surface area contributed by atoms with Crippen LogP contribution in [0, 0.1) is 0 Å². The van der Waals surface area contributed by atoms with Gasteiger partial charge in [-0.25, -0.2) is 9.59 Å². The second-order valence-electron chi connectivity index (χ2n) is 1.82. The molecule has 0 heterocycles. The van der Waals surface area contributed by atoms with Gasteiger partial charge in [-0.1, -0.05) is 6.58 Å². The van der Waals surface area contributed by atoms with E-state index in [4.69, 9.17) is 10.2 Å². The molecule has 0 saturated heterocycles. The Balaban J connectivity index is 4.14. The molecule has 2 N–H and O–H groups in total. The van der Waals surface area contributed by atoms with E-state index in [0.29, 0.717) is 0 Å². The Bertz CT molecular complexity index is 215. The van der Waals surface area contributed by atoms with Crippen LogP contribution in [-0.2, 0) is 9.47 Å². The zero-order valence-electron chi connectivity index (χ0n) is 6.34. The average Bonchev–Trinajstić information content (AvgIpc) is 1.98. The van der Waals surface area contributed by atoms with Crippen LogP contribution < -0.4 is 0 Å². The quantitative estimate of drug-likeness (QED) is 0.516. The number of carboxylic acid groups (broad SMARTS) is 2. The number of halogens is 1. The van der Waals surface area contributed by atoms with Crippen molar-refractivity contribution in [2.24, 2.45) is 0 Å². The van der Waals surface area contributed by atoms with Crippen molar-refractivity contribution in [3.8, 4) is 0 Å². The van der Waals surface area contributed by atoms with E-state index in [9.17, 15) is 14.0 Å². The van der Waals surface area contributed by atoms with Gasteiger partial charge in [0, 0.05) is 0 Å². The van der Waals surface area contributed by atoms with Crippen LogP contribution in [-0.4, -0.2) is 35.0 Å². The van der Waals surface area contributed by atoms with Crippen LogP contribution in [0.2, 0.25) is 0 Å². The third kappa shape index (κ3) is 4.62. The molecule has 0 bridgehead atoms. The molecule has 0 amide bonds. The van der Waals surface area contributed by atoms with Crippen molar-refractivity contribution in [2.75, 3.05) is 0 Å². The van der Waals surface area contributed by atoms with Gasteiger partial charge >= 0.3 is 12.3 Å². The molecule has 2 unspecified atom stereocenters. The van der Waals surface area contributed by atoms with Crippen molar-refractivity contribution in [3.63, 3.8) is 0 Å². The largest absolute Gasteiger partial charge is 0.508 e. The summed E-state index contributed by atoms with van der Waals surface area (Å²) in [6, 6.07) is 0. The lowest BCUT2D eigenvalue weighted by Gasteiger charge is -2.14. The lowest BCUT2D eigenvalue weighted by atomic mass is 10.3. The highest BCUT2D eigenvalue weighted by molar-refractivity contribution is 5.58. The summed E-state index contributed by atoms with van der Waals surface area (Å²) >= 11 is 0. The maximum atomic E-state index is 12.6. The minimum absolute atomic E-state index is 0.779. The van der Waals surface area contributed by atoms with Crippen LogP contribution in [0.25, 0.3) is 0 Å². The molecule has 0 aliphatic heterocycles. The summed E-state index contributed by atoms with van der Waals surface area (Å²) < 4.78 is 20.1. The van der Waals surface area contributed by atoms with E-state index in [2.05, 4.69) is 16.1 Å². The molecular weight excluding hydrogens is 187 g/mol. The van der Waals surface area contributed by atoms with Crippen LogP contribution in [0.5, 0.6) is 0 Å². The van der Waals surface area contributed by atoms with E-state index in [1.165, 1.54) is 0 Å². The molecular formula is C6H7FO6. The summed E-state index contributed by atoms with van der Waals surface area (Å²) in [6.45, 7) is 3.04. The average molecular weight is 194 g/mol. The Morgan fingerprint density at radius 1 is 1.31 bits per heavy atom. The van der Waals surface area contributed by atoms with E-state index >= 15 is 0 Å². The number of rotatable bonds is 4. The highest BCUT2D eigenvalue weighted by Gasteiger charge is 2.25. The summed E-state index contributed by atoms with van der Waals surface area (Å²) in [6.07, 6.45) is -6.91. The Hall–Kier alpha value is -1.79. The topological polar surface area (TPSA) is 93.1 Å². The van der Waals surface area contributed by atoms with Crippen molar-refractivity contribution in [1.82, 2.24) is 0 Å². The predicted molar refractivity (Wildman–Crippen MR) is 37.1 cm³/mol. The van der Waals surface area contributed by atoms with Gasteiger partial charge in [-0.05, 0) is 6.08 Å². The van der Waals surface area contributed by atoms with E-state index in [0.717, 1.165) is 6.08 Å². The first kappa shape index (κ1) is 11.2. The molecule has 74 valence electrons. The first-order chi connectivity index (χ1) is 5.97. The SMILES string of the molecule is C=CC(OC(=O)O)C(F)OC(=O)O.